The molecule has 1 N–H and O–H groups in total. The molecule has 7 heteroatoms. The summed E-state index contributed by atoms with van der Waals surface area (Å²) in [7, 11) is 1.67. The molecule has 0 saturated carbocycles. The second kappa shape index (κ2) is 5.34. The normalized spacial score (nSPS) is 23.2. The van der Waals surface area contributed by atoms with Crippen molar-refractivity contribution in [1.82, 2.24) is 9.78 Å². The molecule has 18 heavy (non-hydrogen) atoms. The fourth-order valence-corrected chi connectivity index (χ4v) is 2.34. The zero-order chi connectivity index (χ0) is 13.1. The molecule has 1 aromatic heterocycles. The zero-order valence-electron chi connectivity index (χ0n) is 10.6. The summed E-state index contributed by atoms with van der Waals surface area (Å²) < 4.78 is 7.03. The number of aryl methyl sites for hydroxylation is 1. The first-order valence-corrected chi connectivity index (χ1v) is 6.15. The number of ether oxygens (including phenoxy) is 1. The first-order valence-electron chi connectivity index (χ1n) is 6.15. The number of nitrogens with one attached hydrogen (secondary N) is 1. The predicted octanol–water partition coefficient (Wildman–Crippen LogP) is 1.56. The van der Waals surface area contributed by atoms with Crippen molar-refractivity contribution < 1.29 is 9.66 Å². The van der Waals surface area contributed by atoms with E-state index in [1.54, 1.807) is 7.05 Å². The molecule has 0 amide bonds. The van der Waals surface area contributed by atoms with Crippen molar-refractivity contribution in [3.63, 3.8) is 0 Å². The van der Waals surface area contributed by atoms with E-state index in [1.165, 1.54) is 10.9 Å². The lowest BCUT2D eigenvalue weighted by atomic mass is 10.00. The van der Waals surface area contributed by atoms with E-state index in [0.29, 0.717) is 18.3 Å². The fraction of sp³-hybridized carbons (Fsp3) is 0.727. The van der Waals surface area contributed by atoms with E-state index in [2.05, 4.69) is 17.3 Å². The van der Waals surface area contributed by atoms with Crippen LogP contribution in [-0.4, -0.2) is 34.0 Å². The molecule has 0 spiro atoms. The van der Waals surface area contributed by atoms with Crippen LogP contribution in [0.4, 0.5) is 11.5 Å². The summed E-state index contributed by atoms with van der Waals surface area (Å²) in [5.74, 6) is 0.737. The van der Waals surface area contributed by atoms with Crippen molar-refractivity contribution in [1.29, 1.82) is 0 Å². The number of hydrogen-bond donors (Lipinski definition) is 1. The lowest BCUT2D eigenvalue weighted by molar-refractivity contribution is -0.384. The van der Waals surface area contributed by atoms with Crippen molar-refractivity contribution in [2.45, 2.75) is 25.9 Å². The zero-order valence-corrected chi connectivity index (χ0v) is 10.6. The maximum absolute atomic E-state index is 10.8. The Labute approximate surface area is 105 Å². The van der Waals surface area contributed by atoms with Crippen molar-refractivity contribution in [3.05, 3.63) is 16.3 Å². The van der Waals surface area contributed by atoms with Crippen molar-refractivity contribution in [2.24, 2.45) is 13.0 Å². The van der Waals surface area contributed by atoms with Gasteiger partial charge >= 0.3 is 5.69 Å². The molecule has 2 rings (SSSR count). The fourth-order valence-electron chi connectivity index (χ4n) is 2.34. The lowest BCUT2D eigenvalue weighted by Gasteiger charge is -2.16. The molecule has 7 nitrogen and oxygen atoms in total. The summed E-state index contributed by atoms with van der Waals surface area (Å²) in [6.45, 7) is 3.53. The summed E-state index contributed by atoms with van der Waals surface area (Å²) in [4.78, 5) is 10.4. The first kappa shape index (κ1) is 12.8. The van der Waals surface area contributed by atoms with Crippen LogP contribution in [-0.2, 0) is 11.8 Å². The van der Waals surface area contributed by atoms with Crippen molar-refractivity contribution in [2.75, 3.05) is 18.5 Å². The van der Waals surface area contributed by atoms with Gasteiger partial charge in [-0.25, -0.2) is 0 Å². The Morgan fingerprint density at radius 2 is 2.50 bits per heavy atom. The molecule has 1 fully saturated rings. The molecule has 0 aliphatic carbocycles. The molecule has 2 atom stereocenters. The minimum absolute atomic E-state index is 0.0180. The average molecular weight is 254 g/mol. The van der Waals surface area contributed by atoms with Crippen LogP contribution in [0.2, 0.25) is 0 Å². The number of nitrogens with zero attached hydrogens (tertiary/aromatic N) is 3. The molecule has 2 unspecified atom stereocenters. The highest BCUT2D eigenvalue weighted by Crippen LogP contribution is 2.26. The van der Waals surface area contributed by atoms with Gasteiger partial charge in [-0.3, -0.25) is 14.8 Å². The quantitative estimate of drug-likeness (QED) is 0.637. The molecule has 100 valence electrons. The lowest BCUT2D eigenvalue weighted by Crippen LogP contribution is -2.23. The molecule has 0 radical (unpaired) electrons. The largest absolute Gasteiger partial charge is 0.378 e. The number of aromatic nitrogens is 2. The number of hydrogen-bond acceptors (Lipinski definition) is 5. The van der Waals surface area contributed by atoms with Crippen molar-refractivity contribution in [3.8, 4) is 0 Å². The summed E-state index contributed by atoms with van der Waals surface area (Å²) in [5, 5.41) is 18.0. The third kappa shape index (κ3) is 2.61. The van der Waals surface area contributed by atoms with Gasteiger partial charge in [-0.05, 0) is 12.8 Å². The Morgan fingerprint density at radius 1 is 1.72 bits per heavy atom. The average Bonchev–Trinajstić information content (AvgIpc) is 2.91. The standard InChI is InChI=1S/C11H18N4O3/c1-3-10-8(4-5-18-10)6-12-11-9(15(16)17)7-14(2)13-11/h7-8,10H,3-6H2,1-2H3,(H,12,13). The highest BCUT2D eigenvalue weighted by Gasteiger charge is 2.27. The van der Waals surface area contributed by atoms with Crippen LogP contribution in [0.5, 0.6) is 0 Å². The number of rotatable bonds is 5. The molecule has 1 aromatic rings. The highest BCUT2D eigenvalue weighted by atomic mass is 16.6. The van der Waals surface area contributed by atoms with Crippen LogP contribution in [0.25, 0.3) is 0 Å². The molecule has 0 aromatic carbocycles. The van der Waals surface area contributed by atoms with E-state index < -0.39 is 4.92 Å². The van der Waals surface area contributed by atoms with E-state index in [9.17, 15) is 10.1 Å². The van der Waals surface area contributed by atoms with Crippen LogP contribution in [0.15, 0.2) is 6.20 Å². The maximum atomic E-state index is 10.8. The van der Waals surface area contributed by atoms with Crippen LogP contribution < -0.4 is 5.32 Å². The van der Waals surface area contributed by atoms with Gasteiger partial charge in [0.2, 0.25) is 5.82 Å². The second-order valence-corrected chi connectivity index (χ2v) is 4.54. The Morgan fingerprint density at radius 3 is 3.17 bits per heavy atom. The molecular weight excluding hydrogens is 236 g/mol. The van der Waals surface area contributed by atoms with Gasteiger partial charge in [0.25, 0.3) is 0 Å². The van der Waals surface area contributed by atoms with Crippen LogP contribution in [0, 0.1) is 16.0 Å². The third-order valence-electron chi connectivity index (χ3n) is 3.29. The molecule has 2 heterocycles. The van der Waals surface area contributed by atoms with Crippen LogP contribution in [0.1, 0.15) is 19.8 Å². The molecule has 0 bridgehead atoms. The minimum atomic E-state index is -0.419. The molecule has 1 aliphatic heterocycles. The van der Waals surface area contributed by atoms with Gasteiger partial charge < -0.3 is 10.1 Å². The van der Waals surface area contributed by atoms with Gasteiger partial charge in [-0.1, -0.05) is 6.92 Å². The monoisotopic (exact) mass is 254 g/mol. The van der Waals surface area contributed by atoms with Gasteiger partial charge in [0.05, 0.1) is 11.0 Å². The van der Waals surface area contributed by atoms with Crippen LogP contribution in [0.3, 0.4) is 0 Å². The summed E-state index contributed by atoms with van der Waals surface area (Å²) in [6, 6.07) is 0. The molecular formula is C11H18N4O3. The van der Waals surface area contributed by atoms with E-state index >= 15 is 0 Å². The number of nitro groups is 1. The Balaban J connectivity index is 1.99. The van der Waals surface area contributed by atoms with Gasteiger partial charge in [-0.2, -0.15) is 0 Å². The second-order valence-electron chi connectivity index (χ2n) is 4.54. The summed E-state index contributed by atoms with van der Waals surface area (Å²) >= 11 is 0. The first-order chi connectivity index (χ1) is 8.61. The SMILES string of the molecule is CCC1OCCC1CNc1nn(C)cc1[N+](=O)[O-]. The minimum Gasteiger partial charge on any atom is -0.378 e. The van der Waals surface area contributed by atoms with E-state index in [1.807, 2.05) is 0 Å². The molecule has 1 saturated heterocycles. The Hall–Kier alpha value is -1.63. The van der Waals surface area contributed by atoms with Crippen molar-refractivity contribution >= 4 is 11.5 Å². The Kier molecular flexibility index (Phi) is 3.81. The topological polar surface area (TPSA) is 82.2 Å². The summed E-state index contributed by atoms with van der Waals surface area (Å²) in [5.41, 5.74) is 0.0180. The Bertz CT molecular complexity index is 432. The number of anilines is 1. The van der Waals surface area contributed by atoms with Gasteiger partial charge in [0.1, 0.15) is 6.20 Å². The molecule has 1 aliphatic rings. The van der Waals surface area contributed by atoms with Gasteiger partial charge in [0.15, 0.2) is 0 Å². The van der Waals surface area contributed by atoms with Gasteiger partial charge in [-0.15, -0.1) is 5.10 Å². The summed E-state index contributed by atoms with van der Waals surface area (Å²) in [6.07, 6.45) is 3.62. The van der Waals surface area contributed by atoms with Crippen LogP contribution >= 0.6 is 0 Å². The van der Waals surface area contributed by atoms with E-state index in [4.69, 9.17) is 4.74 Å². The smallest absolute Gasteiger partial charge is 0.330 e. The predicted molar refractivity (Wildman–Crippen MR) is 66.5 cm³/mol. The van der Waals surface area contributed by atoms with Gasteiger partial charge in [0, 0.05) is 26.1 Å². The van der Waals surface area contributed by atoms with E-state index in [0.717, 1.165) is 19.4 Å². The highest BCUT2D eigenvalue weighted by molar-refractivity contribution is 5.54. The third-order valence-corrected chi connectivity index (χ3v) is 3.29. The van der Waals surface area contributed by atoms with E-state index in [-0.39, 0.29) is 11.8 Å². The maximum Gasteiger partial charge on any atom is 0.330 e.